The number of ether oxygens (including phenoxy) is 4. The number of aliphatic hydroxyl groups is 7. The molecule has 15 atom stereocenters. The van der Waals surface area contributed by atoms with E-state index in [0.717, 1.165) is 52.9 Å². The molecule has 6 unspecified atom stereocenters. The molecule has 1 saturated heterocycles. The van der Waals surface area contributed by atoms with E-state index in [9.17, 15) is 43.5 Å². The van der Waals surface area contributed by atoms with Crippen LogP contribution in [0, 0.1) is 11.3 Å². The van der Waals surface area contributed by atoms with Crippen LogP contribution in [0.2, 0.25) is 0 Å². The lowest BCUT2D eigenvalue weighted by Gasteiger charge is -2.63. The van der Waals surface area contributed by atoms with E-state index < -0.39 is 118 Å². The molecule has 1 saturated carbocycles. The zero-order valence-corrected chi connectivity index (χ0v) is 48.3. The van der Waals surface area contributed by atoms with Crippen molar-refractivity contribution in [1.29, 1.82) is 0 Å². The van der Waals surface area contributed by atoms with Crippen molar-refractivity contribution in [3.8, 4) is 5.75 Å². The fraction of sp³-hybridized carbons (Fsp3) is 0.526. The molecule has 2 fully saturated rings. The van der Waals surface area contributed by atoms with Crippen molar-refractivity contribution >= 4 is 70.3 Å². The Labute approximate surface area is 495 Å². The second-order valence-electron chi connectivity index (χ2n) is 21.9. The molecule has 1 aromatic heterocycles. The summed E-state index contributed by atoms with van der Waals surface area (Å²) in [6.45, 7) is 9.19. The van der Waals surface area contributed by atoms with Crippen LogP contribution in [0.5, 0.6) is 5.75 Å². The Kier molecular flexibility index (Phi) is 20.7. The number of rotatable bonds is 16. The Morgan fingerprint density at radius 1 is 0.713 bits per heavy atom. The van der Waals surface area contributed by atoms with Crippen LogP contribution < -0.4 is 9.64 Å². The van der Waals surface area contributed by atoms with Gasteiger partial charge in [0, 0.05) is 90.9 Å². The normalized spacial score (nSPS) is 28.3. The molecular weight excluding hydrogens is 1160 g/mol. The second-order valence-corrected chi connectivity index (χ2v) is 21.9. The number of nitrogens with zero attached hydrogens (tertiary/aromatic N) is 3. The SMILES string of the molecule is CCC1=C[C@@H]2C[N@](C1)Cc1c([nH]c3ccccc13)[C@@](C(=O)OC)(c1cc3c(cc1OC)N(C)[C@H]1[C@@](O)(C(=O)OC)[C@H](OC(C)=O)[C@]4(CC)C=CCN5CC[C@]31[C@@H]54)C2.O=C(O)C(O)C(O)C(=O)O.O=C(O)C(O)C(O)C(=O)O.O=C(O)C(O)C(O)C(=O)O. The van der Waals surface area contributed by atoms with Crippen LogP contribution in [0.3, 0.4) is 0 Å². The lowest BCUT2D eigenvalue weighted by molar-refractivity contribution is -0.228. The Bertz CT molecular complexity index is 3100. The number of likely N-dealkylation sites (N-methyl/N-ethyl adjacent to an activating group) is 1. The number of fused-ring (bicyclic) bond motifs is 6. The number of para-hydroxylation sites is 1. The molecule has 9 rings (SSSR count). The minimum Gasteiger partial charge on any atom is -0.496 e. The van der Waals surface area contributed by atoms with Gasteiger partial charge in [-0.2, -0.15) is 0 Å². The quantitative estimate of drug-likeness (QED) is 0.0436. The van der Waals surface area contributed by atoms with Gasteiger partial charge in [0.15, 0.2) is 42.7 Å². The van der Waals surface area contributed by atoms with Crippen molar-refractivity contribution < 1.29 is 128 Å². The Hall–Kier alpha value is -8.07. The van der Waals surface area contributed by atoms with Crippen LogP contribution in [-0.2, 0) is 74.7 Å². The highest BCUT2D eigenvalue weighted by atomic mass is 16.6. The number of H-pyrrole nitrogens is 1. The fourth-order valence-electron chi connectivity index (χ4n) is 13.7. The van der Waals surface area contributed by atoms with E-state index in [1.165, 1.54) is 26.7 Å². The third-order valence-electron chi connectivity index (χ3n) is 17.2. The molecule has 5 aliphatic heterocycles. The highest BCUT2D eigenvalue weighted by Gasteiger charge is 2.80. The number of carboxylic acids is 6. The first kappa shape index (κ1) is 68.0. The summed E-state index contributed by atoms with van der Waals surface area (Å²) in [5, 5.41) is 112. The van der Waals surface area contributed by atoms with E-state index in [1.54, 1.807) is 7.11 Å². The zero-order valence-electron chi connectivity index (χ0n) is 48.3. The highest BCUT2D eigenvalue weighted by molar-refractivity contribution is 5.95. The van der Waals surface area contributed by atoms with E-state index in [0.29, 0.717) is 50.2 Å². The third-order valence-corrected chi connectivity index (χ3v) is 17.2. The van der Waals surface area contributed by atoms with E-state index in [1.807, 2.05) is 37.1 Å². The average molecular weight is 1230 g/mol. The molecule has 14 N–H and O–H groups in total. The van der Waals surface area contributed by atoms with Crippen molar-refractivity contribution in [1.82, 2.24) is 14.8 Å². The minimum absolute atomic E-state index is 0.0284. The maximum absolute atomic E-state index is 15.2. The van der Waals surface area contributed by atoms with Gasteiger partial charge in [0.1, 0.15) is 11.2 Å². The van der Waals surface area contributed by atoms with Crippen molar-refractivity contribution in [2.24, 2.45) is 11.3 Å². The number of anilines is 1. The number of carboxylic acid groups (broad SMARTS) is 6. The lowest BCUT2D eigenvalue weighted by atomic mass is 9.47. The van der Waals surface area contributed by atoms with Crippen LogP contribution >= 0.6 is 0 Å². The number of aromatic amines is 1. The van der Waals surface area contributed by atoms with Gasteiger partial charge in [-0.05, 0) is 61.4 Å². The molecule has 6 heterocycles. The number of carbonyl (C=O) groups is 9. The topological polar surface area (TPSA) is 479 Å². The number of aliphatic carboxylic acids is 6. The molecule has 2 bridgehead atoms. The largest absolute Gasteiger partial charge is 0.496 e. The molecule has 476 valence electrons. The average Bonchev–Trinajstić information content (AvgIpc) is 1.52. The summed E-state index contributed by atoms with van der Waals surface area (Å²) in [6.07, 6.45) is -5.93. The molecule has 0 radical (unpaired) electrons. The molecule has 6 aliphatic rings. The predicted octanol–water partition coefficient (Wildman–Crippen LogP) is -1.61. The van der Waals surface area contributed by atoms with Gasteiger partial charge in [-0.3, -0.25) is 19.4 Å². The van der Waals surface area contributed by atoms with Crippen molar-refractivity contribution in [2.45, 2.75) is 124 Å². The second kappa shape index (κ2) is 26.5. The van der Waals surface area contributed by atoms with Crippen LogP contribution in [0.1, 0.15) is 68.8 Å². The van der Waals surface area contributed by atoms with Crippen LogP contribution in [-0.4, -0.2) is 250 Å². The third kappa shape index (κ3) is 11.9. The fourth-order valence-corrected chi connectivity index (χ4v) is 13.7. The van der Waals surface area contributed by atoms with E-state index in [2.05, 4.69) is 58.1 Å². The van der Waals surface area contributed by atoms with Crippen molar-refractivity contribution in [2.75, 3.05) is 59.5 Å². The molecule has 0 amide bonds. The van der Waals surface area contributed by atoms with Gasteiger partial charge in [0.05, 0.1) is 27.4 Å². The molecular formula is C57H72N4O26. The number of carbonyl (C=O) groups excluding carboxylic acids is 3. The Morgan fingerprint density at radius 2 is 1.24 bits per heavy atom. The van der Waals surface area contributed by atoms with Gasteiger partial charge in [0.2, 0.25) is 5.60 Å². The summed E-state index contributed by atoms with van der Waals surface area (Å²) in [4.78, 5) is 112. The first-order valence-electron chi connectivity index (χ1n) is 27.2. The maximum atomic E-state index is 15.2. The maximum Gasteiger partial charge on any atom is 0.344 e. The number of benzene rings is 2. The standard InChI is InChI=1S/C45H54N4O8.3C4H6O6/c1-8-27-19-28-22-44(40(51)55-6,36-30(25-48(23-27)24-28)29-13-10-11-14-33(29)46-36)32-20-31-34(21-35(32)54-5)47(4)38-43(31)16-18-49-17-12-15-42(9-2,37(43)49)39(57-26(3)50)45(38,53)41(52)56-7;3*5-1(3(7)8)2(6)4(9)10/h10-15,19-21,28,37-39,46,53H,8-9,16-18,22-25H2,1-7H3;3*1-2,5-6H,(H,7,8)(H,9,10)/t28-,37-,38+,39+,42+,43+,44-,45-;;;/m0.../s1. The summed E-state index contributed by atoms with van der Waals surface area (Å²) in [7, 11) is 6.22. The first-order valence-corrected chi connectivity index (χ1v) is 27.2. The van der Waals surface area contributed by atoms with Crippen molar-refractivity contribution in [3.05, 3.63) is 82.6 Å². The summed E-state index contributed by atoms with van der Waals surface area (Å²) < 4.78 is 23.9. The summed E-state index contributed by atoms with van der Waals surface area (Å²) >= 11 is 0. The molecule has 1 spiro atoms. The lowest BCUT2D eigenvalue weighted by Crippen LogP contribution is -2.81. The molecule has 30 heteroatoms. The predicted molar refractivity (Wildman–Crippen MR) is 296 cm³/mol. The monoisotopic (exact) mass is 1230 g/mol. The number of hydrogen-bond acceptors (Lipinski definition) is 23. The van der Waals surface area contributed by atoms with Gasteiger partial charge in [-0.1, -0.05) is 55.8 Å². The molecule has 87 heavy (non-hydrogen) atoms. The summed E-state index contributed by atoms with van der Waals surface area (Å²) in [5.74, 6) is -11.9. The van der Waals surface area contributed by atoms with Crippen molar-refractivity contribution in [3.63, 3.8) is 0 Å². The molecule has 1 aliphatic carbocycles. The van der Waals surface area contributed by atoms with Crippen LogP contribution in [0.25, 0.3) is 10.9 Å². The Balaban J connectivity index is 0.000000331. The first-order chi connectivity index (χ1) is 40.8. The molecule has 2 aromatic carbocycles. The summed E-state index contributed by atoms with van der Waals surface area (Å²) in [6, 6.07) is 11.2. The highest BCUT2D eigenvalue weighted by Crippen LogP contribution is 2.68. The number of aliphatic hydroxyl groups excluding tert-OH is 6. The van der Waals surface area contributed by atoms with Gasteiger partial charge in [-0.15, -0.1) is 0 Å². The minimum atomic E-state index is -2.27. The van der Waals surface area contributed by atoms with Gasteiger partial charge >= 0.3 is 53.7 Å². The number of methoxy groups -OCH3 is 3. The van der Waals surface area contributed by atoms with Gasteiger partial charge < -0.3 is 95.2 Å². The number of esters is 3. The van der Waals surface area contributed by atoms with Crippen LogP contribution in [0.4, 0.5) is 5.69 Å². The van der Waals surface area contributed by atoms with Gasteiger partial charge in [-0.25, -0.2) is 33.6 Å². The van der Waals surface area contributed by atoms with E-state index in [-0.39, 0.29) is 17.9 Å². The number of hydrogen-bond donors (Lipinski definition) is 14. The number of aromatic nitrogens is 1. The molecule has 3 aromatic rings. The smallest absolute Gasteiger partial charge is 0.344 e. The molecule has 30 nitrogen and oxygen atoms in total. The van der Waals surface area contributed by atoms with E-state index >= 15 is 4.79 Å². The summed E-state index contributed by atoms with van der Waals surface area (Å²) in [5.41, 5.74) is 1.05. The van der Waals surface area contributed by atoms with E-state index in [4.69, 9.17) is 80.2 Å². The van der Waals surface area contributed by atoms with Gasteiger partial charge in [0.25, 0.3) is 0 Å². The van der Waals surface area contributed by atoms with Crippen LogP contribution in [0.15, 0.2) is 60.2 Å². The zero-order chi connectivity index (χ0) is 65.2. The number of nitrogens with one attached hydrogen (secondary N) is 1. The Morgan fingerprint density at radius 3 is 1.71 bits per heavy atom.